The summed E-state index contributed by atoms with van der Waals surface area (Å²) in [5, 5.41) is 4.12. The maximum Gasteiger partial charge on any atom is 0.0852 e. The highest BCUT2D eigenvalue weighted by atomic mass is 16.5. The second kappa shape index (κ2) is 9.66. The first-order valence-electron chi connectivity index (χ1n) is 15.6. The molecule has 200 valence electrons. The molecule has 1 N–H and O–H groups in total. The number of nitrogens with one attached hydrogen (secondary N) is 1. The molecule has 1 saturated carbocycles. The van der Waals surface area contributed by atoms with E-state index in [9.17, 15) is 0 Å². The molecular formula is C37H41NO. The van der Waals surface area contributed by atoms with Crippen molar-refractivity contribution in [3.05, 3.63) is 120 Å². The van der Waals surface area contributed by atoms with Gasteiger partial charge in [0.05, 0.1) is 12.2 Å². The van der Waals surface area contributed by atoms with Crippen molar-refractivity contribution in [3.8, 4) is 0 Å². The number of ether oxygens (including phenoxy) is 1. The quantitative estimate of drug-likeness (QED) is 0.385. The molecular weight excluding hydrogens is 474 g/mol. The lowest BCUT2D eigenvalue weighted by Gasteiger charge is -2.47. The Hall–Kier alpha value is -2.84. The van der Waals surface area contributed by atoms with Crippen LogP contribution in [0.2, 0.25) is 0 Å². The first-order chi connectivity index (χ1) is 19.3. The summed E-state index contributed by atoms with van der Waals surface area (Å²) in [5.41, 5.74) is 4.85. The molecule has 10 unspecified atom stereocenters. The van der Waals surface area contributed by atoms with Crippen LogP contribution < -0.4 is 5.32 Å². The molecule has 0 aromatic carbocycles. The van der Waals surface area contributed by atoms with Crippen molar-refractivity contribution in [1.29, 1.82) is 0 Å². The lowest BCUT2D eigenvalue weighted by Crippen LogP contribution is -2.41. The van der Waals surface area contributed by atoms with E-state index in [1.807, 2.05) is 0 Å². The minimum absolute atomic E-state index is 0.0695. The highest BCUT2D eigenvalue weighted by Crippen LogP contribution is 2.67. The van der Waals surface area contributed by atoms with E-state index >= 15 is 0 Å². The van der Waals surface area contributed by atoms with Gasteiger partial charge in [-0.05, 0) is 74.7 Å². The molecule has 10 atom stereocenters. The molecule has 2 fully saturated rings. The zero-order valence-electron chi connectivity index (χ0n) is 22.9. The highest BCUT2D eigenvalue weighted by molar-refractivity contribution is 5.49. The minimum atomic E-state index is 0.0695. The Balaban J connectivity index is 1.19. The van der Waals surface area contributed by atoms with Crippen LogP contribution in [0, 0.1) is 40.9 Å². The van der Waals surface area contributed by atoms with Crippen LogP contribution in [0.5, 0.6) is 0 Å². The van der Waals surface area contributed by atoms with Gasteiger partial charge in [-0.2, -0.15) is 0 Å². The zero-order valence-corrected chi connectivity index (χ0v) is 22.9. The van der Waals surface area contributed by atoms with E-state index in [0.29, 0.717) is 47.7 Å². The molecule has 0 radical (unpaired) electrons. The van der Waals surface area contributed by atoms with E-state index in [2.05, 4.69) is 109 Å². The van der Waals surface area contributed by atoms with Gasteiger partial charge in [0.15, 0.2) is 0 Å². The van der Waals surface area contributed by atoms with Crippen LogP contribution in [-0.2, 0) is 4.74 Å². The van der Waals surface area contributed by atoms with E-state index in [4.69, 9.17) is 4.74 Å². The van der Waals surface area contributed by atoms with Gasteiger partial charge in [0.2, 0.25) is 0 Å². The van der Waals surface area contributed by atoms with Gasteiger partial charge in [-0.1, -0.05) is 108 Å². The lowest BCUT2D eigenvalue weighted by molar-refractivity contribution is 0.0521. The fraction of sp³-hybridized carbons (Fsp3) is 0.459. The number of fused-ring (bicyclic) bond motifs is 6. The van der Waals surface area contributed by atoms with Gasteiger partial charge < -0.3 is 10.1 Å². The van der Waals surface area contributed by atoms with Crippen molar-refractivity contribution in [2.75, 3.05) is 0 Å². The summed E-state index contributed by atoms with van der Waals surface area (Å²) < 4.78 is 6.54. The van der Waals surface area contributed by atoms with Gasteiger partial charge in [-0.15, -0.1) is 0 Å². The van der Waals surface area contributed by atoms with E-state index in [0.717, 1.165) is 25.7 Å². The summed E-state index contributed by atoms with van der Waals surface area (Å²) in [4.78, 5) is 0. The summed E-state index contributed by atoms with van der Waals surface area (Å²) in [6, 6.07) is 0.372. The van der Waals surface area contributed by atoms with Gasteiger partial charge in [0, 0.05) is 29.0 Å². The molecule has 2 nitrogen and oxygen atoms in total. The molecule has 7 aliphatic carbocycles. The maximum atomic E-state index is 6.54. The summed E-state index contributed by atoms with van der Waals surface area (Å²) in [6.45, 7) is 0. The molecule has 1 aliphatic heterocycles. The maximum absolute atomic E-state index is 6.54. The number of hydrogen-bond acceptors (Lipinski definition) is 2. The van der Waals surface area contributed by atoms with Crippen LogP contribution in [0.4, 0.5) is 0 Å². The molecule has 1 heterocycles. The molecule has 2 heteroatoms. The normalized spacial score (nSPS) is 44.7. The predicted molar refractivity (Wildman–Crippen MR) is 160 cm³/mol. The van der Waals surface area contributed by atoms with Crippen molar-refractivity contribution in [3.63, 3.8) is 0 Å². The SMILES string of the molecule is C1=CCCC(C2(C3C=CC=CC3)C3=CC(NC4=CC=CC5OC6CCC=CC6C45)CCC3C3C=CC=CC32)=C1. The molecule has 1 saturated heterocycles. The summed E-state index contributed by atoms with van der Waals surface area (Å²) in [7, 11) is 0. The topological polar surface area (TPSA) is 21.3 Å². The summed E-state index contributed by atoms with van der Waals surface area (Å²) >= 11 is 0. The van der Waals surface area contributed by atoms with E-state index < -0.39 is 0 Å². The Morgan fingerprint density at radius 1 is 0.769 bits per heavy atom. The van der Waals surface area contributed by atoms with Crippen molar-refractivity contribution in [2.24, 2.45) is 40.9 Å². The molecule has 39 heavy (non-hydrogen) atoms. The van der Waals surface area contributed by atoms with Crippen LogP contribution in [0.25, 0.3) is 0 Å². The Labute approximate surface area is 234 Å². The Morgan fingerprint density at radius 2 is 1.72 bits per heavy atom. The van der Waals surface area contributed by atoms with Crippen molar-refractivity contribution < 1.29 is 4.74 Å². The van der Waals surface area contributed by atoms with E-state index in [1.54, 1.807) is 11.1 Å². The minimum Gasteiger partial charge on any atom is -0.382 e. The highest BCUT2D eigenvalue weighted by Gasteiger charge is 2.60. The van der Waals surface area contributed by atoms with Crippen molar-refractivity contribution in [1.82, 2.24) is 5.32 Å². The van der Waals surface area contributed by atoms with Gasteiger partial charge >= 0.3 is 0 Å². The third-order valence-corrected chi connectivity index (χ3v) is 11.1. The molecule has 0 aromatic rings. The van der Waals surface area contributed by atoms with Gasteiger partial charge in [-0.3, -0.25) is 0 Å². The second-order valence-electron chi connectivity index (χ2n) is 12.9. The first kappa shape index (κ1) is 24.0. The third kappa shape index (κ3) is 3.70. The molecule has 0 bridgehead atoms. The monoisotopic (exact) mass is 515 g/mol. The Morgan fingerprint density at radius 3 is 2.62 bits per heavy atom. The number of hydrogen-bond donors (Lipinski definition) is 1. The van der Waals surface area contributed by atoms with E-state index in [1.165, 1.54) is 25.0 Å². The Kier molecular flexibility index (Phi) is 5.95. The lowest BCUT2D eigenvalue weighted by atomic mass is 9.57. The average Bonchev–Trinajstić information content (AvgIpc) is 3.52. The average molecular weight is 516 g/mol. The van der Waals surface area contributed by atoms with Crippen LogP contribution in [0.1, 0.15) is 44.9 Å². The molecule has 0 spiro atoms. The van der Waals surface area contributed by atoms with Crippen LogP contribution in [0.15, 0.2) is 120 Å². The molecule has 8 rings (SSSR count). The largest absolute Gasteiger partial charge is 0.382 e. The molecule has 0 amide bonds. The van der Waals surface area contributed by atoms with Crippen molar-refractivity contribution >= 4 is 0 Å². The van der Waals surface area contributed by atoms with Crippen LogP contribution in [-0.4, -0.2) is 18.2 Å². The van der Waals surface area contributed by atoms with Crippen molar-refractivity contribution in [2.45, 2.75) is 63.2 Å². The van der Waals surface area contributed by atoms with Gasteiger partial charge in [0.1, 0.15) is 0 Å². The standard InChI is InChI=1S/C37H41NO/c1-3-12-25(13-4-1)37(26-14-5-2-6-15-26)31-18-9-7-16-28(31)29-23-22-27(24-32(29)37)38-33-19-11-21-35-36(33)30-17-8-10-20-34(30)39-35/h1-5,7-9,11-12,14,16-19,21,24-25,27-31,34-36,38H,6,10,13,15,20,22-23H2. The predicted octanol–water partition coefficient (Wildman–Crippen LogP) is 7.85. The summed E-state index contributed by atoms with van der Waals surface area (Å²) in [6.07, 6.45) is 49.7. The van der Waals surface area contributed by atoms with Crippen LogP contribution >= 0.6 is 0 Å². The van der Waals surface area contributed by atoms with Gasteiger partial charge in [-0.25, -0.2) is 0 Å². The second-order valence-corrected chi connectivity index (χ2v) is 12.9. The third-order valence-electron chi connectivity index (χ3n) is 11.1. The number of allylic oxidation sites excluding steroid dienone is 16. The van der Waals surface area contributed by atoms with E-state index in [-0.39, 0.29) is 11.5 Å². The van der Waals surface area contributed by atoms with Gasteiger partial charge in [0.25, 0.3) is 0 Å². The zero-order chi connectivity index (χ0) is 25.8. The molecule has 8 aliphatic rings. The Bertz CT molecular complexity index is 1310. The molecule has 0 aromatic heterocycles. The smallest absolute Gasteiger partial charge is 0.0852 e. The number of rotatable bonds is 4. The first-order valence-corrected chi connectivity index (χ1v) is 15.6. The fourth-order valence-corrected chi connectivity index (χ4v) is 9.65. The van der Waals surface area contributed by atoms with Crippen LogP contribution in [0.3, 0.4) is 0 Å². The fourth-order valence-electron chi connectivity index (χ4n) is 9.65. The summed E-state index contributed by atoms with van der Waals surface area (Å²) in [5.74, 6) is 3.20.